The minimum atomic E-state index is -0.247. The molecular weight excluding hydrogens is 189 g/mol. The molecule has 1 rings (SSSR count). The van der Waals surface area contributed by atoms with Crippen LogP contribution in [0.4, 0.5) is 10.1 Å². The quantitative estimate of drug-likeness (QED) is 0.724. The maximum absolute atomic E-state index is 13.2. The first-order valence-corrected chi connectivity index (χ1v) is 4.28. The predicted molar refractivity (Wildman–Crippen MR) is 54.7 cm³/mol. The SMILES string of the molecule is C=C(Cl)CN(C)c1ccccc1F. The fourth-order valence-electron chi connectivity index (χ4n) is 1.10. The molecule has 0 unspecified atom stereocenters. The minimum absolute atomic E-state index is 0.247. The van der Waals surface area contributed by atoms with Gasteiger partial charge in [0, 0.05) is 12.1 Å². The van der Waals surface area contributed by atoms with Gasteiger partial charge in [-0.1, -0.05) is 30.3 Å². The Hall–Kier alpha value is -1.02. The van der Waals surface area contributed by atoms with Gasteiger partial charge in [-0.15, -0.1) is 0 Å². The average Bonchev–Trinajstić information content (AvgIpc) is 2.03. The van der Waals surface area contributed by atoms with Crippen LogP contribution >= 0.6 is 11.6 Å². The molecule has 1 aromatic carbocycles. The van der Waals surface area contributed by atoms with Crippen molar-refractivity contribution >= 4 is 17.3 Å². The molecule has 0 radical (unpaired) electrons. The van der Waals surface area contributed by atoms with Gasteiger partial charge in [-0.25, -0.2) is 4.39 Å². The Bertz CT molecular complexity index is 312. The molecule has 0 amide bonds. The Morgan fingerprint density at radius 3 is 2.69 bits per heavy atom. The van der Waals surface area contributed by atoms with Crippen LogP contribution in [0.2, 0.25) is 0 Å². The maximum atomic E-state index is 13.2. The third kappa shape index (κ3) is 2.74. The van der Waals surface area contributed by atoms with E-state index in [1.807, 2.05) is 0 Å². The van der Waals surface area contributed by atoms with Crippen molar-refractivity contribution in [3.05, 3.63) is 41.7 Å². The number of halogens is 2. The van der Waals surface area contributed by atoms with Crippen LogP contribution in [0.25, 0.3) is 0 Å². The highest BCUT2D eigenvalue weighted by molar-refractivity contribution is 6.29. The largest absolute Gasteiger partial charge is 0.367 e. The molecule has 0 aliphatic rings. The molecule has 1 aromatic rings. The molecule has 0 aliphatic carbocycles. The van der Waals surface area contributed by atoms with E-state index in [9.17, 15) is 4.39 Å². The number of anilines is 1. The van der Waals surface area contributed by atoms with Gasteiger partial charge < -0.3 is 4.90 Å². The molecule has 1 nitrogen and oxygen atoms in total. The van der Waals surface area contributed by atoms with Crippen molar-refractivity contribution in [2.24, 2.45) is 0 Å². The van der Waals surface area contributed by atoms with Gasteiger partial charge in [0.25, 0.3) is 0 Å². The Kier molecular flexibility index (Phi) is 3.32. The summed E-state index contributed by atoms with van der Waals surface area (Å²) in [6, 6.07) is 6.56. The van der Waals surface area contributed by atoms with Crippen LogP contribution in [0.1, 0.15) is 0 Å². The van der Waals surface area contributed by atoms with E-state index in [0.29, 0.717) is 17.3 Å². The fourth-order valence-corrected chi connectivity index (χ4v) is 1.28. The first-order chi connectivity index (χ1) is 6.11. The zero-order valence-corrected chi connectivity index (χ0v) is 8.18. The van der Waals surface area contributed by atoms with E-state index in [0.717, 1.165) is 0 Å². The smallest absolute Gasteiger partial charge is 0.146 e. The summed E-state index contributed by atoms with van der Waals surface area (Å²) in [7, 11) is 1.77. The van der Waals surface area contributed by atoms with Crippen LogP contribution in [0, 0.1) is 5.82 Å². The summed E-state index contributed by atoms with van der Waals surface area (Å²) in [5, 5.41) is 0.491. The van der Waals surface area contributed by atoms with Crippen molar-refractivity contribution in [2.75, 3.05) is 18.5 Å². The van der Waals surface area contributed by atoms with Gasteiger partial charge in [-0.05, 0) is 12.1 Å². The van der Waals surface area contributed by atoms with Gasteiger partial charge >= 0.3 is 0 Å². The van der Waals surface area contributed by atoms with Gasteiger partial charge in [0.05, 0.1) is 12.2 Å². The molecule has 0 saturated carbocycles. The summed E-state index contributed by atoms with van der Waals surface area (Å²) >= 11 is 5.62. The average molecular weight is 200 g/mol. The topological polar surface area (TPSA) is 3.24 Å². The number of likely N-dealkylation sites (N-methyl/N-ethyl adjacent to an activating group) is 1. The molecule has 0 saturated heterocycles. The number of nitrogens with zero attached hydrogens (tertiary/aromatic N) is 1. The van der Waals surface area contributed by atoms with E-state index >= 15 is 0 Å². The van der Waals surface area contributed by atoms with Crippen LogP contribution in [-0.4, -0.2) is 13.6 Å². The van der Waals surface area contributed by atoms with E-state index < -0.39 is 0 Å². The zero-order chi connectivity index (χ0) is 9.84. The van der Waals surface area contributed by atoms with E-state index in [4.69, 9.17) is 11.6 Å². The second-order valence-electron chi connectivity index (χ2n) is 2.82. The van der Waals surface area contributed by atoms with Crippen molar-refractivity contribution < 1.29 is 4.39 Å². The van der Waals surface area contributed by atoms with Crippen LogP contribution in [-0.2, 0) is 0 Å². The number of hydrogen-bond acceptors (Lipinski definition) is 1. The Labute approximate surface area is 82.4 Å². The van der Waals surface area contributed by atoms with Gasteiger partial charge in [0.15, 0.2) is 0 Å². The van der Waals surface area contributed by atoms with Crippen LogP contribution in [0.5, 0.6) is 0 Å². The molecule has 0 spiro atoms. The summed E-state index contributed by atoms with van der Waals surface area (Å²) in [4.78, 5) is 1.71. The van der Waals surface area contributed by atoms with Crippen molar-refractivity contribution in [2.45, 2.75) is 0 Å². The number of rotatable bonds is 3. The molecule has 0 atom stereocenters. The minimum Gasteiger partial charge on any atom is -0.367 e. The molecule has 0 N–H and O–H groups in total. The first kappa shape index (κ1) is 10.1. The number of hydrogen-bond donors (Lipinski definition) is 0. The van der Waals surface area contributed by atoms with Crippen molar-refractivity contribution in [3.63, 3.8) is 0 Å². The molecule has 3 heteroatoms. The number of para-hydroxylation sites is 1. The monoisotopic (exact) mass is 199 g/mol. The number of benzene rings is 1. The van der Waals surface area contributed by atoms with Crippen LogP contribution in [0.15, 0.2) is 35.9 Å². The fraction of sp³-hybridized carbons (Fsp3) is 0.200. The second kappa shape index (κ2) is 4.28. The Balaban J connectivity index is 2.82. The third-order valence-electron chi connectivity index (χ3n) is 1.67. The van der Waals surface area contributed by atoms with E-state index in [-0.39, 0.29) is 5.82 Å². The summed E-state index contributed by atoms with van der Waals surface area (Å²) in [6.45, 7) is 4.00. The molecule has 0 bridgehead atoms. The molecule has 13 heavy (non-hydrogen) atoms. The van der Waals surface area contributed by atoms with Gasteiger partial charge in [0.1, 0.15) is 5.82 Å². The molecule has 0 heterocycles. The second-order valence-corrected chi connectivity index (χ2v) is 3.36. The lowest BCUT2D eigenvalue weighted by molar-refractivity contribution is 0.624. The summed E-state index contributed by atoms with van der Waals surface area (Å²) in [6.07, 6.45) is 0. The van der Waals surface area contributed by atoms with Crippen molar-refractivity contribution in [3.8, 4) is 0 Å². The lowest BCUT2D eigenvalue weighted by Crippen LogP contribution is -2.19. The highest BCUT2D eigenvalue weighted by Gasteiger charge is 2.05. The van der Waals surface area contributed by atoms with Crippen LogP contribution in [0.3, 0.4) is 0 Å². The standard InChI is InChI=1S/C10H11ClFN/c1-8(11)7-13(2)10-6-4-3-5-9(10)12/h3-6H,1,7H2,2H3. The van der Waals surface area contributed by atoms with E-state index in [1.165, 1.54) is 6.07 Å². The van der Waals surface area contributed by atoms with E-state index in [2.05, 4.69) is 6.58 Å². The van der Waals surface area contributed by atoms with Crippen molar-refractivity contribution in [1.82, 2.24) is 0 Å². The van der Waals surface area contributed by atoms with E-state index in [1.54, 1.807) is 30.1 Å². The Morgan fingerprint density at radius 1 is 1.54 bits per heavy atom. The Morgan fingerprint density at radius 2 is 2.15 bits per heavy atom. The lowest BCUT2D eigenvalue weighted by Gasteiger charge is -2.18. The summed E-state index contributed by atoms with van der Waals surface area (Å²) < 4.78 is 13.2. The maximum Gasteiger partial charge on any atom is 0.146 e. The van der Waals surface area contributed by atoms with Gasteiger partial charge in [0.2, 0.25) is 0 Å². The highest BCUT2D eigenvalue weighted by Crippen LogP contribution is 2.18. The van der Waals surface area contributed by atoms with Gasteiger partial charge in [-0.2, -0.15) is 0 Å². The summed E-state index contributed by atoms with van der Waals surface area (Å²) in [5.74, 6) is -0.247. The first-order valence-electron chi connectivity index (χ1n) is 3.90. The normalized spacial score (nSPS) is 9.77. The molecule has 0 fully saturated rings. The third-order valence-corrected chi connectivity index (χ3v) is 1.79. The molecule has 0 aromatic heterocycles. The summed E-state index contributed by atoms with van der Waals surface area (Å²) in [5.41, 5.74) is 0.532. The predicted octanol–water partition coefficient (Wildman–Crippen LogP) is 3.01. The molecule has 0 aliphatic heterocycles. The lowest BCUT2D eigenvalue weighted by atomic mass is 10.3. The molecular formula is C10H11ClFN. The van der Waals surface area contributed by atoms with Crippen LogP contribution < -0.4 is 4.90 Å². The van der Waals surface area contributed by atoms with Crippen molar-refractivity contribution in [1.29, 1.82) is 0 Å². The highest BCUT2D eigenvalue weighted by atomic mass is 35.5. The molecule has 70 valence electrons. The van der Waals surface area contributed by atoms with Gasteiger partial charge in [-0.3, -0.25) is 0 Å². The zero-order valence-electron chi connectivity index (χ0n) is 7.43.